The topological polar surface area (TPSA) is 63.6 Å². The van der Waals surface area contributed by atoms with E-state index in [1.807, 2.05) is 48.5 Å². The van der Waals surface area contributed by atoms with Crippen LogP contribution in [0.5, 0.6) is 5.75 Å². The van der Waals surface area contributed by atoms with Gasteiger partial charge >= 0.3 is 0 Å². The molecule has 0 bridgehead atoms. The number of hydrogen-bond acceptors (Lipinski definition) is 4. The van der Waals surface area contributed by atoms with Gasteiger partial charge in [-0.25, -0.2) is 10.4 Å². The van der Waals surface area contributed by atoms with E-state index in [1.165, 1.54) is 6.21 Å². The summed E-state index contributed by atoms with van der Waals surface area (Å²) in [5.74, 6) is 0.211. The average Bonchev–Trinajstić information content (AvgIpc) is 2.63. The Morgan fingerprint density at radius 2 is 2.00 bits per heavy atom. The van der Waals surface area contributed by atoms with E-state index in [2.05, 4.69) is 31.4 Å². The van der Waals surface area contributed by atoms with E-state index < -0.39 is 6.10 Å². The number of nitrogens with zero attached hydrogens (tertiary/aromatic N) is 2. The smallest absolute Gasteiger partial charge is 0.280 e. The molecule has 1 atom stereocenters. The van der Waals surface area contributed by atoms with Gasteiger partial charge < -0.3 is 4.74 Å². The van der Waals surface area contributed by atoms with Crippen LogP contribution in [0.4, 0.5) is 0 Å². The van der Waals surface area contributed by atoms with Gasteiger partial charge in [0, 0.05) is 10.9 Å². The molecule has 0 saturated heterocycles. The minimum atomic E-state index is -0.712. The Bertz CT molecular complexity index is 978. The molecular formula is C19H15BrClN3O2. The molecule has 0 fully saturated rings. The fraction of sp³-hybridized carbons (Fsp3) is 0.105. The lowest BCUT2D eigenvalue weighted by atomic mass is 10.2. The third-order valence-electron chi connectivity index (χ3n) is 3.59. The third kappa shape index (κ3) is 4.39. The van der Waals surface area contributed by atoms with Crippen LogP contribution in [0.15, 0.2) is 64.2 Å². The molecule has 0 aliphatic heterocycles. The molecule has 0 spiro atoms. The maximum absolute atomic E-state index is 12.1. The van der Waals surface area contributed by atoms with Crippen molar-refractivity contribution < 1.29 is 9.53 Å². The van der Waals surface area contributed by atoms with Gasteiger partial charge in [-0.2, -0.15) is 5.10 Å². The maximum Gasteiger partial charge on any atom is 0.280 e. The first kappa shape index (κ1) is 18.4. The van der Waals surface area contributed by atoms with Gasteiger partial charge in [0.15, 0.2) is 6.10 Å². The SMILES string of the molecule is C[C@H](Oc1ccccc1Br)C(=O)N/N=C\c1cc2ccccc2nc1Cl. The highest BCUT2D eigenvalue weighted by Gasteiger charge is 2.15. The number of para-hydroxylation sites is 2. The first-order valence-electron chi connectivity index (χ1n) is 7.84. The molecule has 26 heavy (non-hydrogen) atoms. The number of hydrogen-bond donors (Lipinski definition) is 1. The minimum Gasteiger partial charge on any atom is -0.480 e. The molecule has 1 amide bonds. The molecule has 0 aliphatic rings. The Balaban J connectivity index is 1.65. The predicted molar refractivity (Wildman–Crippen MR) is 107 cm³/mol. The second-order valence-corrected chi connectivity index (χ2v) is 6.70. The number of rotatable bonds is 5. The van der Waals surface area contributed by atoms with Gasteiger partial charge in [-0.15, -0.1) is 0 Å². The van der Waals surface area contributed by atoms with Gasteiger partial charge in [0.1, 0.15) is 10.9 Å². The van der Waals surface area contributed by atoms with Gasteiger partial charge in [-0.1, -0.05) is 41.9 Å². The largest absolute Gasteiger partial charge is 0.480 e. The lowest BCUT2D eigenvalue weighted by Gasteiger charge is -2.13. The molecule has 3 aromatic rings. The normalized spacial score (nSPS) is 12.3. The summed E-state index contributed by atoms with van der Waals surface area (Å²) in [5.41, 5.74) is 3.87. The van der Waals surface area contributed by atoms with Crippen LogP contribution in [0.1, 0.15) is 12.5 Å². The molecule has 0 saturated carbocycles. The van der Waals surface area contributed by atoms with Crippen LogP contribution < -0.4 is 10.2 Å². The molecule has 7 heteroatoms. The Labute approximate surface area is 164 Å². The second-order valence-electron chi connectivity index (χ2n) is 5.49. The number of fused-ring (bicyclic) bond motifs is 1. The Morgan fingerprint density at radius 1 is 1.27 bits per heavy atom. The number of aromatic nitrogens is 1. The lowest BCUT2D eigenvalue weighted by Crippen LogP contribution is -2.33. The molecule has 0 unspecified atom stereocenters. The van der Waals surface area contributed by atoms with Crippen molar-refractivity contribution in [3.05, 3.63) is 69.8 Å². The molecular weight excluding hydrogens is 418 g/mol. The highest BCUT2D eigenvalue weighted by Crippen LogP contribution is 2.24. The molecule has 0 radical (unpaired) electrons. The van der Waals surface area contributed by atoms with Crippen LogP contribution in [0.25, 0.3) is 10.9 Å². The van der Waals surface area contributed by atoms with E-state index in [9.17, 15) is 4.79 Å². The molecule has 132 valence electrons. The van der Waals surface area contributed by atoms with Crippen molar-refractivity contribution in [3.8, 4) is 5.75 Å². The fourth-order valence-corrected chi connectivity index (χ4v) is 2.81. The Kier molecular flexibility index (Phi) is 5.85. The number of carbonyl (C=O) groups excluding carboxylic acids is 1. The maximum atomic E-state index is 12.1. The van der Waals surface area contributed by atoms with E-state index in [1.54, 1.807) is 13.0 Å². The van der Waals surface area contributed by atoms with Crippen LogP contribution in [0.3, 0.4) is 0 Å². The van der Waals surface area contributed by atoms with Crippen molar-refractivity contribution in [2.75, 3.05) is 0 Å². The molecule has 3 rings (SSSR count). The molecule has 5 nitrogen and oxygen atoms in total. The van der Waals surface area contributed by atoms with Crippen LogP contribution in [-0.4, -0.2) is 23.2 Å². The highest BCUT2D eigenvalue weighted by atomic mass is 79.9. The van der Waals surface area contributed by atoms with Gasteiger partial charge in [0.2, 0.25) is 0 Å². The van der Waals surface area contributed by atoms with E-state index in [0.717, 1.165) is 15.4 Å². The second kappa shape index (κ2) is 8.29. The van der Waals surface area contributed by atoms with E-state index >= 15 is 0 Å². The molecule has 1 N–H and O–H groups in total. The number of hydrazone groups is 1. The van der Waals surface area contributed by atoms with E-state index in [4.69, 9.17) is 16.3 Å². The highest BCUT2D eigenvalue weighted by molar-refractivity contribution is 9.10. The molecule has 1 aromatic heterocycles. The molecule has 1 heterocycles. The van der Waals surface area contributed by atoms with Crippen molar-refractivity contribution >= 4 is 50.6 Å². The number of benzene rings is 2. The summed E-state index contributed by atoms with van der Waals surface area (Å²) in [7, 11) is 0. The van der Waals surface area contributed by atoms with Crippen molar-refractivity contribution in [1.82, 2.24) is 10.4 Å². The van der Waals surface area contributed by atoms with E-state index in [0.29, 0.717) is 16.5 Å². The van der Waals surface area contributed by atoms with Crippen molar-refractivity contribution in [2.24, 2.45) is 5.10 Å². The number of pyridine rings is 1. The lowest BCUT2D eigenvalue weighted by molar-refractivity contribution is -0.127. The number of ether oxygens (including phenoxy) is 1. The average molecular weight is 433 g/mol. The zero-order valence-corrected chi connectivity index (χ0v) is 16.2. The summed E-state index contributed by atoms with van der Waals surface area (Å²) >= 11 is 9.54. The summed E-state index contributed by atoms with van der Waals surface area (Å²) < 4.78 is 6.39. The summed E-state index contributed by atoms with van der Waals surface area (Å²) in [6.45, 7) is 1.65. The summed E-state index contributed by atoms with van der Waals surface area (Å²) in [6, 6.07) is 16.8. The summed E-state index contributed by atoms with van der Waals surface area (Å²) in [4.78, 5) is 16.4. The number of halogens is 2. The Hall–Kier alpha value is -2.44. The number of carbonyl (C=O) groups is 1. The van der Waals surface area contributed by atoms with Crippen LogP contribution in [-0.2, 0) is 4.79 Å². The quantitative estimate of drug-likeness (QED) is 0.365. The van der Waals surface area contributed by atoms with Gasteiger partial charge in [-0.3, -0.25) is 4.79 Å². The Morgan fingerprint density at radius 3 is 2.81 bits per heavy atom. The van der Waals surface area contributed by atoms with Crippen molar-refractivity contribution in [2.45, 2.75) is 13.0 Å². The predicted octanol–water partition coefficient (Wildman–Crippen LogP) is 4.57. The monoisotopic (exact) mass is 431 g/mol. The fourth-order valence-electron chi connectivity index (χ4n) is 2.24. The third-order valence-corrected chi connectivity index (χ3v) is 4.55. The van der Waals surface area contributed by atoms with Crippen molar-refractivity contribution in [1.29, 1.82) is 0 Å². The van der Waals surface area contributed by atoms with Crippen LogP contribution >= 0.6 is 27.5 Å². The molecule has 2 aromatic carbocycles. The standard InChI is InChI=1S/C19H15BrClN3O2/c1-12(26-17-9-5-3-7-15(17)20)19(25)24-22-11-14-10-13-6-2-4-8-16(13)23-18(14)21/h2-12H,1H3,(H,24,25)/b22-11-/t12-/m0/s1. The minimum absolute atomic E-state index is 0.319. The van der Waals surface area contributed by atoms with Gasteiger partial charge in [0.05, 0.1) is 16.2 Å². The zero-order valence-electron chi connectivity index (χ0n) is 13.8. The number of amides is 1. The summed E-state index contributed by atoms with van der Waals surface area (Å²) in [6.07, 6.45) is 0.751. The van der Waals surface area contributed by atoms with Gasteiger partial charge in [-0.05, 0) is 47.1 Å². The number of nitrogens with one attached hydrogen (secondary N) is 1. The molecule has 0 aliphatic carbocycles. The first-order chi connectivity index (χ1) is 12.5. The summed E-state index contributed by atoms with van der Waals surface area (Å²) in [5, 5.41) is 5.21. The van der Waals surface area contributed by atoms with Crippen molar-refractivity contribution in [3.63, 3.8) is 0 Å². The van der Waals surface area contributed by atoms with Crippen LogP contribution in [0.2, 0.25) is 5.15 Å². The van der Waals surface area contributed by atoms with Gasteiger partial charge in [0.25, 0.3) is 5.91 Å². The van der Waals surface area contributed by atoms with E-state index in [-0.39, 0.29) is 5.91 Å². The zero-order chi connectivity index (χ0) is 18.5. The van der Waals surface area contributed by atoms with Crippen LogP contribution in [0, 0.1) is 0 Å². The first-order valence-corrected chi connectivity index (χ1v) is 9.01.